The lowest BCUT2D eigenvalue weighted by Crippen LogP contribution is -2.34. The second-order valence-corrected chi connectivity index (χ2v) is 8.23. The van der Waals surface area contributed by atoms with Gasteiger partial charge in [-0.2, -0.15) is 0 Å². The van der Waals surface area contributed by atoms with E-state index in [1.165, 1.54) is 37.6 Å². The Morgan fingerprint density at radius 3 is 2.59 bits per heavy atom. The van der Waals surface area contributed by atoms with Gasteiger partial charge in [0.05, 0.1) is 5.60 Å². The number of nitrogens with zero attached hydrogens (tertiary/aromatic N) is 1. The average molecular weight is 371 g/mol. The van der Waals surface area contributed by atoms with Crippen LogP contribution in [0.2, 0.25) is 0 Å². The summed E-state index contributed by atoms with van der Waals surface area (Å²) in [5.74, 6) is -0.196. The summed E-state index contributed by atoms with van der Waals surface area (Å²) in [6.45, 7) is 8.11. The van der Waals surface area contributed by atoms with E-state index in [0.29, 0.717) is 18.7 Å². The maximum Gasteiger partial charge on any atom is 0.131 e. The third-order valence-corrected chi connectivity index (χ3v) is 5.07. The molecule has 1 saturated heterocycles. The summed E-state index contributed by atoms with van der Waals surface area (Å²) in [5, 5.41) is 13.0. The van der Waals surface area contributed by atoms with Crippen LogP contribution in [0.5, 0.6) is 0 Å². The van der Waals surface area contributed by atoms with Gasteiger partial charge in [-0.05, 0) is 75.0 Å². The lowest BCUT2D eigenvalue weighted by atomic mass is 9.99. The van der Waals surface area contributed by atoms with Gasteiger partial charge in [-0.15, -0.1) is 0 Å². The number of benzene rings is 2. The predicted octanol–water partition coefficient (Wildman–Crippen LogP) is 3.99. The number of hydrogen-bond donors (Lipinski definition) is 2. The fraction of sp³-hybridized carbons (Fsp3) is 0.478. The minimum Gasteiger partial charge on any atom is -0.389 e. The minimum absolute atomic E-state index is 0.196. The molecule has 4 heteroatoms. The van der Waals surface area contributed by atoms with Crippen molar-refractivity contribution in [1.29, 1.82) is 0 Å². The van der Waals surface area contributed by atoms with Crippen molar-refractivity contribution >= 4 is 0 Å². The molecular formula is C23H31FN2O. The van der Waals surface area contributed by atoms with E-state index in [4.69, 9.17) is 0 Å². The molecule has 1 fully saturated rings. The van der Waals surface area contributed by atoms with E-state index in [1.807, 2.05) is 18.2 Å². The Hall–Kier alpha value is -1.75. The normalized spacial score (nSPS) is 15.4. The zero-order valence-corrected chi connectivity index (χ0v) is 16.5. The lowest BCUT2D eigenvalue weighted by Gasteiger charge is -2.18. The Labute approximate surface area is 162 Å². The van der Waals surface area contributed by atoms with Crippen molar-refractivity contribution in [2.24, 2.45) is 0 Å². The number of nitrogens with one attached hydrogen (secondary N) is 1. The Morgan fingerprint density at radius 2 is 1.85 bits per heavy atom. The van der Waals surface area contributed by atoms with Crippen LogP contribution in [0.4, 0.5) is 4.39 Å². The van der Waals surface area contributed by atoms with Crippen LogP contribution in [0.3, 0.4) is 0 Å². The first-order chi connectivity index (χ1) is 12.9. The van der Waals surface area contributed by atoms with Gasteiger partial charge < -0.3 is 15.3 Å². The lowest BCUT2D eigenvalue weighted by molar-refractivity contribution is 0.0795. The zero-order valence-electron chi connectivity index (χ0n) is 16.5. The maximum atomic E-state index is 14.5. The van der Waals surface area contributed by atoms with E-state index in [2.05, 4.69) is 22.3 Å². The van der Waals surface area contributed by atoms with E-state index in [0.717, 1.165) is 24.1 Å². The summed E-state index contributed by atoms with van der Waals surface area (Å²) in [6.07, 6.45) is 3.61. The highest BCUT2D eigenvalue weighted by Crippen LogP contribution is 2.25. The summed E-state index contributed by atoms with van der Waals surface area (Å²) in [6, 6.07) is 13.5. The zero-order chi connectivity index (χ0) is 19.3. The Bertz CT molecular complexity index is 748. The molecule has 0 amide bonds. The molecule has 0 aliphatic carbocycles. The molecule has 2 aromatic rings. The van der Waals surface area contributed by atoms with E-state index >= 15 is 0 Å². The Morgan fingerprint density at radius 1 is 1.07 bits per heavy atom. The third-order valence-electron chi connectivity index (χ3n) is 5.07. The van der Waals surface area contributed by atoms with Gasteiger partial charge >= 0.3 is 0 Å². The Balaban J connectivity index is 1.69. The molecule has 0 aromatic heterocycles. The first kappa shape index (κ1) is 20.0. The predicted molar refractivity (Wildman–Crippen MR) is 109 cm³/mol. The molecule has 0 radical (unpaired) electrons. The summed E-state index contributed by atoms with van der Waals surface area (Å²) >= 11 is 0. The minimum atomic E-state index is -0.757. The second kappa shape index (κ2) is 8.96. The van der Waals surface area contributed by atoms with Crippen molar-refractivity contribution < 1.29 is 9.50 Å². The maximum absolute atomic E-state index is 14.5. The fourth-order valence-electron chi connectivity index (χ4n) is 3.60. The molecule has 0 spiro atoms. The molecular weight excluding hydrogens is 339 g/mol. The Kier molecular flexibility index (Phi) is 6.64. The van der Waals surface area contributed by atoms with Crippen LogP contribution in [-0.2, 0) is 13.0 Å². The van der Waals surface area contributed by atoms with Gasteiger partial charge in [0.1, 0.15) is 5.82 Å². The quantitative estimate of drug-likeness (QED) is 0.737. The molecule has 0 bridgehead atoms. The van der Waals surface area contributed by atoms with Crippen molar-refractivity contribution in [3.8, 4) is 11.1 Å². The topological polar surface area (TPSA) is 35.5 Å². The van der Waals surface area contributed by atoms with Crippen LogP contribution in [0.15, 0.2) is 42.5 Å². The van der Waals surface area contributed by atoms with Gasteiger partial charge in [-0.3, -0.25) is 0 Å². The molecule has 1 aliphatic heterocycles. The van der Waals surface area contributed by atoms with Gasteiger partial charge in [0.25, 0.3) is 0 Å². The summed E-state index contributed by atoms with van der Waals surface area (Å²) < 4.78 is 14.5. The number of halogens is 1. The first-order valence-electron chi connectivity index (χ1n) is 9.94. The van der Waals surface area contributed by atoms with Crippen molar-refractivity contribution in [2.75, 3.05) is 26.2 Å². The SMILES string of the molecule is CC(C)(O)CNCc1ccc(F)c(-c2cccc(CCN3CCCC3)c2)c1. The van der Waals surface area contributed by atoms with Crippen LogP contribution in [0.25, 0.3) is 11.1 Å². The number of rotatable bonds is 8. The van der Waals surface area contributed by atoms with Gasteiger partial charge in [-0.25, -0.2) is 4.39 Å². The molecule has 0 unspecified atom stereocenters. The highest BCUT2D eigenvalue weighted by atomic mass is 19.1. The summed E-state index contributed by atoms with van der Waals surface area (Å²) in [7, 11) is 0. The van der Waals surface area contributed by atoms with Crippen molar-refractivity contribution in [2.45, 2.75) is 45.3 Å². The summed E-state index contributed by atoms with van der Waals surface area (Å²) in [5.41, 5.74) is 3.07. The highest BCUT2D eigenvalue weighted by Gasteiger charge is 2.13. The molecule has 3 nitrogen and oxygen atoms in total. The van der Waals surface area contributed by atoms with Gasteiger partial charge in [0.15, 0.2) is 0 Å². The molecule has 1 aliphatic rings. The summed E-state index contributed by atoms with van der Waals surface area (Å²) in [4.78, 5) is 2.50. The van der Waals surface area contributed by atoms with Crippen molar-refractivity contribution in [1.82, 2.24) is 10.2 Å². The number of likely N-dealkylation sites (tertiary alicyclic amines) is 1. The second-order valence-electron chi connectivity index (χ2n) is 8.23. The van der Waals surface area contributed by atoms with Crippen LogP contribution in [-0.4, -0.2) is 41.8 Å². The molecule has 0 atom stereocenters. The monoisotopic (exact) mass is 370 g/mol. The van der Waals surface area contributed by atoms with Gasteiger partial charge in [0.2, 0.25) is 0 Å². The standard InChI is InChI=1S/C23H31FN2O/c1-23(2,27)17-25-16-19-8-9-22(24)21(15-19)20-7-5-6-18(14-20)10-13-26-11-3-4-12-26/h5-9,14-15,25,27H,3-4,10-13,16-17H2,1-2H3. The van der Waals surface area contributed by atoms with Crippen LogP contribution in [0.1, 0.15) is 37.8 Å². The van der Waals surface area contributed by atoms with E-state index in [9.17, 15) is 9.50 Å². The molecule has 1 heterocycles. The average Bonchev–Trinajstić information content (AvgIpc) is 3.14. The molecule has 2 aromatic carbocycles. The highest BCUT2D eigenvalue weighted by molar-refractivity contribution is 5.65. The van der Waals surface area contributed by atoms with E-state index in [1.54, 1.807) is 19.9 Å². The van der Waals surface area contributed by atoms with Crippen molar-refractivity contribution in [3.63, 3.8) is 0 Å². The number of hydrogen-bond acceptors (Lipinski definition) is 3. The fourth-order valence-corrected chi connectivity index (χ4v) is 3.60. The third kappa shape index (κ3) is 6.13. The van der Waals surface area contributed by atoms with Crippen LogP contribution < -0.4 is 5.32 Å². The first-order valence-corrected chi connectivity index (χ1v) is 9.94. The molecule has 0 saturated carbocycles. The van der Waals surface area contributed by atoms with E-state index < -0.39 is 5.60 Å². The smallest absolute Gasteiger partial charge is 0.131 e. The van der Waals surface area contributed by atoms with E-state index in [-0.39, 0.29) is 5.82 Å². The number of aliphatic hydroxyl groups is 1. The van der Waals surface area contributed by atoms with Crippen molar-refractivity contribution in [3.05, 3.63) is 59.4 Å². The van der Waals surface area contributed by atoms with Gasteiger partial charge in [0, 0.05) is 25.2 Å². The molecule has 3 rings (SSSR count). The molecule has 146 valence electrons. The van der Waals surface area contributed by atoms with Crippen LogP contribution >= 0.6 is 0 Å². The van der Waals surface area contributed by atoms with Crippen LogP contribution in [0, 0.1) is 5.82 Å². The largest absolute Gasteiger partial charge is 0.389 e. The molecule has 2 N–H and O–H groups in total. The van der Waals surface area contributed by atoms with Gasteiger partial charge in [-0.1, -0.05) is 30.3 Å². The molecule has 27 heavy (non-hydrogen) atoms.